The molecule has 0 fully saturated rings. The number of hydrogen-bond acceptors (Lipinski definition) is 6. The van der Waals surface area contributed by atoms with Crippen LogP contribution in [0.3, 0.4) is 0 Å². The first kappa shape index (κ1) is 21.4. The largest absolute Gasteiger partial charge is 0.497 e. The highest BCUT2D eigenvalue weighted by Gasteiger charge is 2.23. The maximum Gasteiger partial charge on any atom is 0.255 e. The van der Waals surface area contributed by atoms with Crippen molar-refractivity contribution in [2.45, 2.75) is 11.8 Å². The maximum absolute atomic E-state index is 12.6. The highest BCUT2D eigenvalue weighted by molar-refractivity contribution is 7.89. The number of nitrogens with zero attached hydrogens (tertiary/aromatic N) is 2. The molecule has 0 saturated heterocycles. The van der Waals surface area contributed by atoms with Crippen LogP contribution in [0.4, 0.5) is 0 Å². The highest BCUT2D eigenvalue weighted by atomic mass is 32.2. The van der Waals surface area contributed by atoms with E-state index in [2.05, 4.69) is 10.5 Å². The van der Waals surface area contributed by atoms with E-state index >= 15 is 0 Å². The molecule has 2 rings (SSSR count). The average molecular weight is 405 g/mol. The lowest BCUT2D eigenvalue weighted by atomic mass is 10.2. The Balaban J connectivity index is 1.98. The molecule has 2 aromatic rings. The van der Waals surface area contributed by atoms with Crippen LogP contribution in [0, 0.1) is 6.92 Å². The first-order valence-corrected chi connectivity index (χ1v) is 9.79. The smallest absolute Gasteiger partial charge is 0.255 e. The summed E-state index contributed by atoms with van der Waals surface area (Å²) < 4.78 is 36.4. The Morgan fingerprint density at radius 1 is 1.14 bits per heavy atom. The lowest BCUT2D eigenvalue weighted by Crippen LogP contribution is -2.36. The van der Waals surface area contributed by atoms with Gasteiger partial charge in [-0.3, -0.25) is 4.79 Å². The zero-order chi connectivity index (χ0) is 20.7. The second-order valence-corrected chi connectivity index (χ2v) is 8.00. The molecule has 0 saturated carbocycles. The van der Waals surface area contributed by atoms with Crippen LogP contribution in [0.1, 0.15) is 11.1 Å². The van der Waals surface area contributed by atoms with Gasteiger partial charge in [0.05, 0.1) is 31.9 Å². The van der Waals surface area contributed by atoms with E-state index in [1.807, 2.05) is 0 Å². The fraction of sp³-hybridized carbons (Fsp3) is 0.263. The second-order valence-electron chi connectivity index (χ2n) is 5.96. The molecule has 0 unspecified atom stereocenters. The van der Waals surface area contributed by atoms with Crippen molar-refractivity contribution in [2.75, 3.05) is 27.8 Å². The number of benzene rings is 2. The minimum absolute atomic E-state index is 0.0860. The van der Waals surface area contributed by atoms with Crippen molar-refractivity contribution < 1.29 is 22.7 Å². The standard InChI is InChI=1S/C19H23N3O5S/c1-14-11-17(9-10-18(14)27-4)28(24,25)22(2)13-19(23)21-20-12-15-5-7-16(26-3)8-6-15/h5-12H,13H2,1-4H3,(H,21,23)/b20-12-. The minimum Gasteiger partial charge on any atom is -0.497 e. The summed E-state index contributed by atoms with van der Waals surface area (Å²) >= 11 is 0. The Morgan fingerprint density at radius 3 is 2.39 bits per heavy atom. The molecule has 0 bridgehead atoms. The quantitative estimate of drug-likeness (QED) is 0.533. The second kappa shape index (κ2) is 9.34. The van der Waals surface area contributed by atoms with Gasteiger partial charge in [-0.25, -0.2) is 13.8 Å². The van der Waals surface area contributed by atoms with Gasteiger partial charge in [-0.15, -0.1) is 0 Å². The monoisotopic (exact) mass is 405 g/mol. The molecule has 0 aliphatic carbocycles. The molecule has 9 heteroatoms. The van der Waals surface area contributed by atoms with Gasteiger partial charge in [0.15, 0.2) is 0 Å². The van der Waals surface area contributed by atoms with E-state index in [1.165, 1.54) is 32.5 Å². The van der Waals surface area contributed by atoms with Gasteiger partial charge in [0.25, 0.3) is 5.91 Å². The van der Waals surface area contributed by atoms with Gasteiger partial charge in [0.1, 0.15) is 11.5 Å². The number of likely N-dealkylation sites (N-methyl/N-ethyl adjacent to an activating group) is 1. The fourth-order valence-electron chi connectivity index (χ4n) is 2.38. The molecule has 0 aromatic heterocycles. The predicted molar refractivity (Wildman–Crippen MR) is 106 cm³/mol. The number of methoxy groups -OCH3 is 2. The number of sulfonamides is 1. The van der Waals surface area contributed by atoms with Gasteiger partial charge >= 0.3 is 0 Å². The third-order valence-corrected chi connectivity index (χ3v) is 5.76. The number of hydrogen-bond donors (Lipinski definition) is 1. The molecule has 0 heterocycles. The number of hydrazone groups is 1. The molecule has 28 heavy (non-hydrogen) atoms. The number of carbonyl (C=O) groups excluding carboxylic acids is 1. The van der Waals surface area contributed by atoms with Gasteiger partial charge < -0.3 is 9.47 Å². The molecule has 0 aliphatic heterocycles. The Bertz CT molecular complexity index is 956. The lowest BCUT2D eigenvalue weighted by Gasteiger charge is -2.17. The van der Waals surface area contributed by atoms with Crippen molar-refractivity contribution in [3.05, 3.63) is 53.6 Å². The van der Waals surface area contributed by atoms with Crippen LogP contribution in [0.2, 0.25) is 0 Å². The van der Waals surface area contributed by atoms with Gasteiger partial charge in [-0.05, 0) is 60.5 Å². The molecule has 2 aromatic carbocycles. The summed E-state index contributed by atoms with van der Waals surface area (Å²) in [7, 11) is 0.604. The van der Waals surface area contributed by atoms with E-state index in [0.29, 0.717) is 17.1 Å². The number of aryl methyl sites for hydroxylation is 1. The minimum atomic E-state index is -3.82. The first-order chi connectivity index (χ1) is 13.3. The molecule has 1 N–H and O–H groups in total. The van der Waals surface area contributed by atoms with Crippen molar-refractivity contribution >= 4 is 22.1 Å². The topological polar surface area (TPSA) is 97.3 Å². The molecule has 0 spiro atoms. The predicted octanol–water partition coefficient (Wildman–Crippen LogP) is 1.78. The summed E-state index contributed by atoms with van der Waals surface area (Å²) in [6.45, 7) is 1.38. The van der Waals surface area contributed by atoms with Crippen molar-refractivity contribution in [1.29, 1.82) is 0 Å². The third kappa shape index (κ3) is 5.30. The Hall–Kier alpha value is -2.91. The summed E-state index contributed by atoms with van der Waals surface area (Å²) in [4.78, 5) is 12.1. The van der Waals surface area contributed by atoms with E-state index < -0.39 is 15.9 Å². The highest BCUT2D eigenvalue weighted by Crippen LogP contribution is 2.23. The van der Waals surface area contributed by atoms with Crippen LogP contribution in [0.15, 0.2) is 52.5 Å². The van der Waals surface area contributed by atoms with E-state index in [4.69, 9.17) is 9.47 Å². The summed E-state index contributed by atoms with van der Waals surface area (Å²) in [6.07, 6.45) is 1.46. The first-order valence-electron chi connectivity index (χ1n) is 8.35. The van der Waals surface area contributed by atoms with Crippen LogP contribution in [-0.2, 0) is 14.8 Å². The van der Waals surface area contributed by atoms with Crippen molar-refractivity contribution in [3.63, 3.8) is 0 Å². The van der Waals surface area contributed by atoms with Gasteiger partial charge in [-0.2, -0.15) is 9.41 Å². The number of amides is 1. The normalized spacial score (nSPS) is 11.6. The van der Waals surface area contributed by atoms with Crippen LogP contribution < -0.4 is 14.9 Å². The zero-order valence-corrected chi connectivity index (χ0v) is 17.0. The average Bonchev–Trinajstić information content (AvgIpc) is 2.68. The number of carbonyl (C=O) groups is 1. The fourth-order valence-corrected chi connectivity index (χ4v) is 3.60. The number of ether oxygens (including phenoxy) is 2. The number of nitrogens with one attached hydrogen (secondary N) is 1. The van der Waals surface area contributed by atoms with E-state index in [1.54, 1.807) is 44.4 Å². The third-order valence-electron chi connectivity index (χ3n) is 3.96. The molecule has 0 atom stereocenters. The van der Waals surface area contributed by atoms with E-state index in [0.717, 1.165) is 9.87 Å². The SMILES string of the molecule is COc1ccc(/C=N\NC(=O)CN(C)S(=O)(=O)c2ccc(OC)c(C)c2)cc1. The molecule has 8 nitrogen and oxygen atoms in total. The maximum atomic E-state index is 12.6. The summed E-state index contributed by atoms with van der Waals surface area (Å²) in [5.41, 5.74) is 3.76. The van der Waals surface area contributed by atoms with Gasteiger partial charge in [-0.1, -0.05) is 0 Å². The van der Waals surface area contributed by atoms with Crippen LogP contribution in [0.25, 0.3) is 0 Å². The summed E-state index contributed by atoms with van der Waals surface area (Å²) in [5.74, 6) is 0.745. The van der Waals surface area contributed by atoms with Crippen LogP contribution in [0.5, 0.6) is 11.5 Å². The number of rotatable bonds is 8. The van der Waals surface area contributed by atoms with Gasteiger partial charge in [0.2, 0.25) is 10.0 Å². The summed E-state index contributed by atoms with van der Waals surface area (Å²) in [5, 5.41) is 3.84. The van der Waals surface area contributed by atoms with Gasteiger partial charge in [0, 0.05) is 7.05 Å². The molecule has 1 amide bonds. The van der Waals surface area contributed by atoms with Crippen molar-refractivity contribution in [3.8, 4) is 11.5 Å². The summed E-state index contributed by atoms with van der Waals surface area (Å²) in [6, 6.07) is 11.6. The van der Waals surface area contributed by atoms with Crippen LogP contribution >= 0.6 is 0 Å². The van der Waals surface area contributed by atoms with Crippen molar-refractivity contribution in [2.24, 2.45) is 5.10 Å². The van der Waals surface area contributed by atoms with E-state index in [9.17, 15) is 13.2 Å². The Labute approximate surface area is 164 Å². The van der Waals surface area contributed by atoms with E-state index in [-0.39, 0.29) is 11.4 Å². The zero-order valence-electron chi connectivity index (χ0n) is 16.2. The Morgan fingerprint density at radius 2 is 1.82 bits per heavy atom. The molecular weight excluding hydrogens is 382 g/mol. The molecule has 0 radical (unpaired) electrons. The lowest BCUT2D eigenvalue weighted by molar-refractivity contribution is -0.121. The Kier molecular flexibility index (Phi) is 7.13. The molecule has 0 aliphatic rings. The van der Waals surface area contributed by atoms with Crippen LogP contribution in [-0.4, -0.2) is 52.7 Å². The molecule has 150 valence electrons. The molecular formula is C19H23N3O5S. The van der Waals surface area contributed by atoms with Crippen molar-refractivity contribution in [1.82, 2.24) is 9.73 Å².